The molecule has 0 heterocycles. The second-order valence-electron chi connectivity index (χ2n) is 4.36. The minimum absolute atomic E-state index is 0.203. The summed E-state index contributed by atoms with van der Waals surface area (Å²) in [5, 5.41) is 21.1. The minimum atomic E-state index is -1.07. The zero-order valence-electron chi connectivity index (χ0n) is 10.5. The lowest BCUT2D eigenvalue weighted by Crippen LogP contribution is -2.53. The fourth-order valence-electron chi connectivity index (χ4n) is 1.59. The van der Waals surface area contributed by atoms with Crippen molar-refractivity contribution in [3.8, 4) is 0 Å². The number of carbonyl (C=O) groups excluding carboxylic acids is 1. The number of amides is 1. The van der Waals surface area contributed by atoms with Crippen LogP contribution in [0.4, 0.5) is 4.39 Å². The Kier molecular flexibility index (Phi) is 4.81. The van der Waals surface area contributed by atoms with Crippen molar-refractivity contribution in [2.75, 3.05) is 13.2 Å². The second kappa shape index (κ2) is 5.93. The molecule has 0 aliphatic rings. The van der Waals surface area contributed by atoms with Crippen molar-refractivity contribution in [2.45, 2.75) is 25.8 Å². The van der Waals surface area contributed by atoms with Crippen molar-refractivity contribution < 1.29 is 19.4 Å². The zero-order chi connectivity index (χ0) is 13.8. The first kappa shape index (κ1) is 14.6. The number of halogens is 1. The van der Waals surface area contributed by atoms with Crippen molar-refractivity contribution in [3.05, 3.63) is 35.1 Å². The molecule has 1 amide bonds. The number of hydrogen-bond acceptors (Lipinski definition) is 3. The maximum atomic E-state index is 13.1. The van der Waals surface area contributed by atoms with Crippen molar-refractivity contribution in [3.63, 3.8) is 0 Å². The minimum Gasteiger partial charge on any atom is -0.394 e. The van der Waals surface area contributed by atoms with E-state index in [-0.39, 0.29) is 18.8 Å². The van der Waals surface area contributed by atoms with Gasteiger partial charge in [-0.15, -0.1) is 0 Å². The monoisotopic (exact) mass is 255 g/mol. The number of nitrogens with one attached hydrogen (secondary N) is 1. The standard InChI is InChI=1S/C13H18FNO3/c1-3-13(7-16,8-17)15-12(18)11-6-10(14)5-4-9(11)2/h4-6,16-17H,3,7-8H2,1-2H3,(H,15,18). The van der Waals surface area contributed by atoms with Crippen LogP contribution < -0.4 is 5.32 Å². The third-order valence-corrected chi connectivity index (χ3v) is 3.11. The molecule has 3 N–H and O–H groups in total. The van der Waals surface area contributed by atoms with Crippen LogP contribution in [0.2, 0.25) is 0 Å². The molecule has 0 spiro atoms. The van der Waals surface area contributed by atoms with Crippen LogP contribution in [0.5, 0.6) is 0 Å². The summed E-state index contributed by atoms with van der Waals surface area (Å²) in [4.78, 5) is 12.0. The molecule has 1 aromatic carbocycles. The molecular weight excluding hydrogens is 237 g/mol. The van der Waals surface area contributed by atoms with Crippen LogP contribution in [0.3, 0.4) is 0 Å². The van der Waals surface area contributed by atoms with E-state index in [0.717, 1.165) is 6.07 Å². The molecule has 0 aliphatic heterocycles. The van der Waals surface area contributed by atoms with Gasteiger partial charge >= 0.3 is 0 Å². The predicted octanol–water partition coefficient (Wildman–Crippen LogP) is 0.997. The lowest BCUT2D eigenvalue weighted by Gasteiger charge is -2.29. The first-order valence-electron chi connectivity index (χ1n) is 5.78. The van der Waals surface area contributed by atoms with Gasteiger partial charge < -0.3 is 15.5 Å². The SMILES string of the molecule is CCC(CO)(CO)NC(=O)c1cc(F)ccc1C. The summed E-state index contributed by atoms with van der Waals surface area (Å²) in [6, 6.07) is 3.92. The number of hydrogen-bond donors (Lipinski definition) is 3. The van der Waals surface area contributed by atoms with Crippen LogP contribution in [0, 0.1) is 12.7 Å². The maximum Gasteiger partial charge on any atom is 0.252 e. The molecule has 100 valence electrons. The molecular formula is C13H18FNO3. The van der Waals surface area contributed by atoms with E-state index in [1.54, 1.807) is 13.8 Å². The largest absolute Gasteiger partial charge is 0.394 e. The van der Waals surface area contributed by atoms with Crippen LogP contribution in [-0.2, 0) is 0 Å². The summed E-state index contributed by atoms with van der Waals surface area (Å²) in [7, 11) is 0. The van der Waals surface area contributed by atoms with E-state index in [2.05, 4.69) is 5.32 Å². The Morgan fingerprint density at radius 2 is 2.00 bits per heavy atom. The molecule has 0 aliphatic carbocycles. The summed E-state index contributed by atoms with van der Waals surface area (Å²) >= 11 is 0. The lowest BCUT2D eigenvalue weighted by molar-refractivity contribution is 0.0652. The average molecular weight is 255 g/mol. The summed E-state index contributed by atoms with van der Waals surface area (Å²) < 4.78 is 13.1. The van der Waals surface area contributed by atoms with Gasteiger partial charge in [-0.05, 0) is 31.0 Å². The fourth-order valence-corrected chi connectivity index (χ4v) is 1.59. The van der Waals surface area contributed by atoms with Crippen molar-refractivity contribution in [2.24, 2.45) is 0 Å². The molecule has 18 heavy (non-hydrogen) atoms. The van der Waals surface area contributed by atoms with Crippen molar-refractivity contribution >= 4 is 5.91 Å². The molecule has 0 radical (unpaired) electrons. The van der Waals surface area contributed by atoms with Crippen LogP contribution in [-0.4, -0.2) is 34.9 Å². The number of benzene rings is 1. The van der Waals surface area contributed by atoms with E-state index in [1.165, 1.54) is 12.1 Å². The Morgan fingerprint density at radius 1 is 1.39 bits per heavy atom. The van der Waals surface area contributed by atoms with Crippen LogP contribution >= 0.6 is 0 Å². The van der Waals surface area contributed by atoms with Gasteiger partial charge in [0.15, 0.2) is 0 Å². The highest BCUT2D eigenvalue weighted by Gasteiger charge is 2.29. The quantitative estimate of drug-likeness (QED) is 0.735. The van der Waals surface area contributed by atoms with Gasteiger partial charge in [0.2, 0.25) is 0 Å². The fraction of sp³-hybridized carbons (Fsp3) is 0.462. The van der Waals surface area contributed by atoms with Gasteiger partial charge in [-0.2, -0.15) is 0 Å². The van der Waals surface area contributed by atoms with Crippen molar-refractivity contribution in [1.82, 2.24) is 5.32 Å². The number of aliphatic hydroxyl groups excluding tert-OH is 2. The molecule has 0 atom stereocenters. The van der Waals surface area contributed by atoms with E-state index in [0.29, 0.717) is 12.0 Å². The smallest absolute Gasteiger partial charge is 0.252 e. The number of aryl methyl sites for hydroxylation is 1. The summed E-state index contributed by atoms with van der Waals surface area (Å²) in [6.45, 7) is 2.69. The highest BCUT2D eigenvalue weighted by molar-refractivity contribution is 5.96. The van der Waals surface area contributed by atoms with Gasteiger partial charge in [0.25, 0.3) is 5.91 Å². The molecule has 5 heteroatoms. The first-order valence-corrected chi connectivity index (χ1v) is 5.78. The van der Waals surface area contributed by atoms with Crippen LogP contribution in [0.15, 0.2) is 18.2 Å². The molecule has 1 rings (SSSR count). The normalized spacial score (nSPS) is 11.4. The lowest BCUT2D eigenvalue weighted by atomic mass is 9.97. The summed E-state index contributed by atoms with van der Waals surface area (Å²) in [5.41, 5.74) is -0.236. The zero-order valence-corrected chi connectivity index (χ0v) is 10.5. The molecule has 4 nitrogen and oxygen atoms in total. The van der Waals surface area contributed by atoms with Gasteiger partial charge in [0.1, 0.15) is 5.82 Å². The Labute approximate surface area is 105 Å². The maximum absolute atomic E-state index is 13.1. The van der Waals surface area contributed by atoms with E-state index in [9.17, 15) is 19.4 Å². The van der Waals surface area contributed by atoms with Gasteiger partial charge in [-0.1, -0.05) is 13.0 Å². The summed E-state index contributed by atoms with van der Waals surface area (Å²) in [5.74, 6) is -1.00. The molecule has 0 saturated heterocycles. The second-order valence-corrected chi connectivity index (χ2v) is 4.36. The van der Waals surface area contributed by atoms with E-state index in [4.69, 9.17) is 0 Å². The highest BCUT2D eigenvalue weighted by atomic mass is 19.1. The van der Waals surface area contributed by atoms with E-state index < -0.39 is 17.3 Å². The molecule has 0 unspecified atom stereocenters. The molecule has 0 aromatic heterocycles. The predicted molar refractivity (Wildman–Crippen MR) is 65.8 cm³/mol. The molecule has 0 fully saturated rings. The Bertz CT molecular complexity index is 422. The average Bonchev–Trinajstić information content (AvgIpc) is 2.38. The Balaban J connectivity index is 2.97. The van der Waals surface area contributed by atoms with Gasteiger partial charge in [-0.3, -0.25) is 4.79 Å². The number of aliphatic hydroxyl groups is 2. The molecule has 0 saturated carbocycles. The van der Waals surface area contributed by atoms with E-state index >= 15 is 0 Å². The Morgan fingerprint density at radius 3 is 2.50 bits per heavy atom. The topological polar surface area (TPSA) is 69.6 Å². The number of carbonyl (C=O) groups is 1. The van der Waals surface area contributed by atoms with Gasteiger partial charge in [0.05, 0.1) is 18.8 Å². The van der Waals surface area contributed by atoms with Gasteiger partial charge in [-0.25, -0.2) is 4.39 Å². The number of rotatable bonds is 5. The third-order valence-electron chi connectivity index (χ3n) is 3.11. The third kappa shape index (κ3) is 3.05. The van der Waals surface area contributed by atoms with Crippen LogP contribution in [0.25, 0.3) is 0 Å². The van der Waals surface area contributed by atoms with Crippen molar-refractivity contribution in [1.29, 1.82) is 0 Å². The highest BCUT2D eigenvalue weighted by Crippen LogP contribution is 2.14. The summed E-state index contributed by atoms with van der Waals surface area (Å²) in [6.07, 6.45) is 0.375. The molecule has 1 aromatic rings. The van der Waals surface area contributed by atoms with Gasteiger partial charge in [0, 0.05) is 5.56 Å². The molecule has 0 bridgehead atoms. The van der Waals surface area contributed by atoms with Crippen LogP contribution in [0.1, 0.15) is 29.3 Å². The first-order chi connectivity index (χ1) is 8.48. The van der Waals surface area contributed by atoms with E-state index in [1.807, 2.05) is 0 Å². The Hall–Kier alpha value is -1.46.